The third-order valence-electron chi connectivity index (χ3n) is 11.1. The van der Waals surface area contributed by atoms with Gasteiger partial charge in [-0.25, -0.2) is 15.0 Å². The number of hydrogen-bond donors (Lipinski definition) is 0. The van der Waals surface area contributed by atoms with Gasteiger partial charge in [-0.15, -0.1) is 11.3 Å². The average Bonchev–Trinajstić information content (AvgIpc) is 3.68. The van der Waals surface area contributed by atoms with Gasteiger partial charge in [-0.1, -0.05) is 158 Å². The van der Waals surface area contributed by atoms with Gasteiger partial charge in [0.25, 0.3) is 0 Å². The summed E-state index contributed by atoms with van der Waals surface area (Å²) in [6.07, 6.45) is 6.61. The smallest absolute Gasteiger partial charge is 0.160 e. The second-order valence-electron chi connectivity index (χ2n) is 14.7. The lowest BCUT2D eigenvalue weighted by atomic mass is 9.92. The summed E-state index contributed by atoms with van der Waals surface area (Å²) in [7, 11) is 0. The van der Waals surface area contributed by atoms with Crippen molar-refractivity contribution in [3.8, 4) is 67.4 Å². The maximum atomic E-state index is 5.40. The van der Waals surface area contributed by atoms with E-state index >= 15 is 0 Å². The Morgan fingerprint density at radius 3 is 1.82 bits per heavy atom. The molecule has 0 saturated heterocycles. The molecule has 10 aromatic rings. The van der Waals surface area contributed by atoms with Crippen molar-refractivity contribution in [1.29, 1.82) is 0 Å². The molecule has 4 heteroatoms. The third kappa shape index (κ3) is 6.03. The van der Waals surface area contributed by atoms with Crippen LogP contribution in [0.5, 0.6) is 0 Å². The number of pyridine rings is 1. The van der Waals surface area contributed by atoms with Gasteiger partial charge in [0.15, 0.2) is 5.82 Å². The van der Waals surface area contributed by atoms with Crippen LogP contribution in [0.4, 0.5) is 0 Å². The van der Waals surface area contributed by atoms with Crippen molar-refractivity contribution < 1.29 is 0 Å². The Kier molecular flexibility index (Phi) is 8.15. The molecule has 0 bridgehead atoms. The molecule has 57 heavy (non-hydrogen) atoms. The Balaban J connectivity index is 1.06. The van der Waals surface area contributed by atoms with Gasteiger partial charge in [0.05, 0.1) is 27.3 Å². The van der Waals surface area contributed by atoms with Crippen molar-refractivity contribution in [2.75, 3.05) is 0 Å². The van der Waals surface area contributed by atoms with Crippen molar-refractivity contribution >= 4 is 49.2 Å². The van der Waals surface area contributed by atoms with Crippen LogP contribution in [-0.2, 0) is 6.42 Å². The number of allylic oxidation sites excluding steroid dienone is 1. The highest BCUT2D eigenvalue weighted by atomic mass is 32.1. The number of benzene rings is 7. The van der Waals surface area contributed by atoms with Gasteiger partial charge in [-0.3, -0.25) is 0 Å². The zero-order chi connectivity index (χ0) is 37.7. The molecule has 268 valence electrons. The fourth-order valence-corrected chi connectivity index (χ4v) is 9.57. The molecular weight excluding hydrogens is 711 g/mol. The van der Waals surface area contributed by atoms with Crippen LogP contribution in [0, 0.1) is 0 Å². The Morgan fingerprint density at radius 2 is 1.05 bits per heavy atom. The van der Waals surface area contributed by atoms with Crippen LogP contribution in [-0.4, -0.2) is 15.0 Å². The SMILES string of the molecule is C1=Cc2c(sc3c(-c4ccccc4)nc(-c4cccc(-c5cc(-c6ccccc6)cc(-c6cccc(-c7cc8ccccc8c8ccccc78)c6)n5)c4)nc23)CC1. The highest BCUT2D eigenvalue weighted by Gasteiger charge is 2.21. The highest BCUT2D eigenvalue weighted by Crippen LogP contribution is 2.42. The molecule has 1 aliphatic carbocycles. The van der Waals surface area contributed by atoms with E-state index in [2.05, 4.69) is 188 Å². The molecule has 7 aromatic carbocycles. The molecule has 0 aliphatic heterocycles. The zero-order valence-electron chi connectivity index (χ0n) is 31.1. The normalized spacial score (nSPS) is 12.4. The molecule has 1 aliphatic rings. The Morgan fingerprint density at radius 1 is 0.439 bits per heavy atom. The van der Waals surface area contributed by atoms with E-state index < -0.39 is 0 Å². The maximum Gasteiger partial charge on any atom is 0.160 e. The minimum atomic E-state index is 0.720. The van der Waals surface area contributed by atoms with E-state index in [0.717, 1.165) is 84.9 Å². The van der Waals surface area contributed by atoms with Crippen molar-refractivity contribution in [3.63, 3.8) is 0 Å². The van der Waals surface area contributed by atoms with E-state index in [9.17, 15) is 0 Å². The van der Waals surface area contributed by atoms with E-state index in [1.165, 1.54) is 37.5 Å². The number of rotatable bonds is 6. The predicted octanol–water partition coefficient (Wildman–Crippen LogP) is 14.4. The maximum absolute atomic E-state index is 5.40. The molecule has 0 spiro atoms. The topological polar surface area (TPSA) is 38.7 Å². The summed E-state index contributed by atoms with van der Waals surface area (Å²) in [5, 5.41) is 5.01. The summed E-state index contributed by atoms with van der Waals surface area (Å²) in [5.41, 5.74) is 13.9. The van der Waals surface area contributed by atoms with E-state index in [1.54, 1.807) is 0 Å². The summed E-state index contributed by atoms with van der Waals surface area (Å²) in [5.74, 6) is 0.720. The number of nitrogens with zero attached hydrogens (tertiary/aromatic N) is 3. The monoisotopic (exact) mass is 745 g/mol. The molecule has 11 rings (SSSR count). The van der Waals surface area contributed by atoms with Crippen molar-refractivity contribution in [2.45, 2.75) is 12.8 Å². The van der Waals surface area contributed by atoms with Gasteiger partial charge in [0.2, 0.25) is 0 Å². The highest BCUT2D eigenvalue weighted by molar-refractivity contribution is 7.19. The second kappa shape index (κ2) is 13.9. The summed E-state index contributed by atoms with van der Waals surface area (Å²) in [6.45, 7) is 0. The molecule has 3 nitrogen and oxygen atoms in total. The van der Waals surface area contributed by atoms with E-state index in [1.807, 2.05) is 11.3 Å². The molecule has 0 amide bonds. The zero-order valence-corrected chi connectivity index (χ0v) is 31.9. The first kappa shape index (κ1) is 33.3. The first-order chi connectivity index (χ1) is 28.2. The van der Waals surface area contributed by atoms with Gasteiger partial charge in [-0.2, -0.15) is 0 Å². The number of aryl methyl sites for hydroxylation is 1. The molecule has 3 aromatic heterocycles. The van der Waals surface area contributed by atoms with Crippen molar-refractivity contribution in [1.82, 2.24) is 15.0 Å². The number of thiophene rings is 1. The van der Waals surface area contributed by atoms with Crippen LogP contribution in [0.3, 0.4) is 0 Å². The molecule has 0 radical (unpaired) electrons. The number of hydrogen-bond acceptors (Lipinski definition) is 4. The molecule has 0 N–H and O–H groups in total. The van der Waals surface area contributed by atoms with Gasteiger partial charge in [-0.05, 0) is 87.0 Å². The fourth-order valence-electron chi connectivity index (χ4n) is 8.31. The second-order valence-corrected chi connectivity index (χ2v) is 15.8. The van der Waals surface area contributed by atoms with Gasteiger partial charge < -0.3 is 0 Å². The summed E-state index contributed by atoms with van der Waals surface area (Å²) in [4.78, 5) is 17.3. The van der Waals surface area contributed by atoms with Gasteiger partial charge in [0.1, 0.15) is 0 Å². The minimum absolute atomic E-state index is 0.720. The third-order valence-corrected chi connectivity index (χ3v) is 12.4. The molecule has 0 fully saturated rings. The van der Waals surface area contributed by atoms with E-state index in [0.29, 0.717) is 0 Å². The summed E-state index contributed by atoms with van der Waals surface area (Å²) in [6, 6.07) is 62.6. The van der Waals surface area contributed by atoms with Gasteiger partial charge in [0, 0.05) is 32.7 Å². The number of fused-ring (bicyclic) bond motifs is 6. The molecular formula is C53H35N3S. The van der Waals surface area contributed by atoms with Crippen molar-refractivity contribution in [3.05, 3.63) is 192 Å². The lowest BCUT2D eigenvalue weighted by Gasteiger charge is -2.14. The summed E-state index contributed by atoms with van der Waals surface area (Å²) >= 11 is 1.84. The van der Waals surface area contributed by atoms with Crippen LogP contribution in [0.2, 0.25) is 0 Å². The van der Waals surface area contributed by atoms with Crippen LogP contribution < -0.4 is 0 Å². The first-order valence-electron chi connectivity index (χ1n) is 19.5. The standard InChI is InChI=1S/C53H35N3S/c1-3-15-34(16-4-1)41-32-47(38-21-13-20-36(29-38)46-31-37-19-7-8-24-42(37)43-25-9-10-26-44(43)46)54-48(33-41)39-22-14-23-40(30-39)53-55-50(35-17-5-2-6-18-35)52-51(56-53)45-27-11-12-28-49(45)57-52/h1-11,13-27,29-33H,12,28H2. The summed E-state index contributed by atoms with van der Waals surface area (Å²) < 4.78 is 1.15. The minimum Gasteiger partial charge on any atom is -0.248 e. The lowest BCUT2D eigenvalue weighted by Crippen LogP contribution is -1.96. The first-order valence-corrected chi connectivity index (χ1v) is 20.3. The molecule has 3 heterocycles. The lowest BCUT2D eigenvalue weighted by molar-refractivity contribution is 1.01. The van der Waals surface area contributed by atoms with E-state index in [4.69, 9.17) is 15.0 Å². The van der Waals surface area contributed by atoms with Crippen LogP contribution >= 0.6 is 11.3 Å². The molecule has 0 atom stereocenters. The van der Waals surface area contributed by atoms with Crippen LogP contribution in [0.1, 0.15) is 16.9 Å². The largest absolute Gasteiger partial charge is 0.248 e. The van der Waals surface area contributed by atoms with Gasteiger partial charge >= 0.3 is 0 Å². The van der Waals surface area contributed by atoms with Crippen LogP contribution in [0.25, 0.3) is 105 Å². The number of aromatic nitrogens is 3. The van der Waals surface area contributed by atoms with E-state index in [-0.39, 0.29) is 0 Å². The van der Waals surface area contributed by atoms with Crippen molar-refractivity contribution in [2.24, 2.45) is 0 Å². The Bertz CT molecular complexity index is 3180. The molecule has 0 unspecified atom stereocenters. The Labute approximate surface area is 335 Å². The average molecular weight is 746 g/mol. The Hall–Kier alpha value is -7.01. The molecule has 0 saturated carbocycles. The quantitative estimate of drug-likeness (QED) is 0.159. The predicted molar refractivity (Wildman–Crippen MR) is 240 cm³/mol. The fraction of sp³-hybridized carbons (Fsp3) is 0.0377. The van der Waals surface area contributed by atoms with Crippen LogP contribution in [0.15, 0.2) is 182 Å².